The lowest BCUT2D eigenvalue weighted by Crippen LogP contribution is -2.20. The van der Waals surface area contributed by atoms with E-state index in [0.717, 1.165) is 5.56 Å². The second kappa shape index (κ2) is 5.87. The van der Waals surface area contributed by atoms with Crippen LogP contribution in [-0.2, 0) is 4.79 Å². The zero-order valence-electron chi connectivity index (χ0n) is 10.8. The van der Waals surface area contributed by atoms with Crippen molar-refractivity contribution < 1.29 is 14.3 Å². The number of nitrogens with zero attached hydrogens (tertiary/aromatic N) is 1. The van der Waals surface area contributed by atoms with Crippen LogP contribution in [0.3, 0.4) is 0 Å². The van der Waals surface area contributed by atoms with Gasteiger partial charge in [-0.3, -0.25) is 14.7 Å². The molecule has 0 atom stereocenters. The standard InChI is InChI=1S/C13H14N4O3/c1-8-6-15-17-12(8)16-13(19)9-2-4-10(5-3-9)20-7-11(14)18/h2-6H,7H2,1H3,(H2,14,18)(H2,15,16,17,19). The van der Waals surface area contributed by atoms with Gasteiger partial charge in [0.15, 0.2) is 6.61 Å². The van der Waals surface area contributed by atoms with Crippen LogP contribution in [0.4, 0.5) is 5.82 Å². The highest BCUT2D eigenvalue weighted by molar-refractivity contribution is 6.04. The average Bonchev–Trinajstić information content (AvgIpc) is 2.82. The number of H-pyrrole nitrogens is 1. The van der Waals surface area contributed by atoms with Gasteiger partial charge in [0.2, 0.25) is 0 Å². The molecule has 0 spiro atoms. The first-order valence-electron chi connectivity index (χ1n) is 5.89. The highest BCUT2D eigenvalue weighted by Gasteiger charge is 2.09. The minimum absolute atomic E-state index is 0.196. The van der Waals surface area contributed by atoms with Crippen LogP contribution in [-0.4, -0.2) is 28.6 Å². The molecule has 1 aromatic carbocycles. The van der Waals surface area contributed by atoms with E-state index >= 15 is 0 Å². The summed E-state index contributed by atoms with van der Waals surface area (Å²) in [5.74, 6) is 0.211. The van der Waals surface area contributed by atoms with Gasteiger partial charge in [-0.05, 0) is 31.2 Å². The van der Waals surface area contributed by atoms with E-state index in [1.165, 1.54) is 0 Å². The van der Waals surface area contributed by atoms with Crippen molar-refractivity contribution in [2.45, 2.75) is 6.92 Å². The van der Waals surface area contributed by atoms with Gasteiger partial charge in [-0.15, -0.1) is 0 Å². The summed E-state index contributed by atoms with van der Waals surface area (Å²) in [6.45, 7) is 1.64. The van der Waals surface area contributed by atoms with Crippen molar-refractivity contribution in [3.8, 4) is 5.75 Å². The number of benzene rings is 1. The number of hydrogen-bond donors (Lipinski definition) is 3. The van der Waals surface area contributed by atoms with Gasteiger partial charge in [0.25, 0.3) is 11.8 Å². The van der Waals surface area contributed by atoms with Crippen molar-refractivity contribution >= 4 is 17.6 Å². The number of rotatable bonds is 5. The third kappa shape index (κ3) is 3.35. The molecule has 7 nitrogen and oxygen atoms in total. The SMILES string of the molecule is Cc1cn[nH]c1NC(=O)c1ccc(OCC(N)=O)cc1. The second-order valence-electron chi connectivity index (χ2n) is 4.16. The lowest BCUT2D eigenvalue weighted by Gasteiger charge is -2.06. The predicted molar refractivity (Wildman–Crippen MR) is 72.4 cm³/mol. The molecule has 4 N–H and O–H groups in total. The Labute approximate surface area is 115 Å². The van der Waals surface area contributed by atoms with Gasteiger partial charge < -0.3 is 15.8 Å². The van der Waals surface area contributed by atoms with Gasteiger partial charge in [0.05, 0.1) is 6.20 Å². The molecule has 0 saturated heterocycles. The summed E-state index contributed by atoms with van der Waals surface area (Å²) >= 11 is 0. The molecule has 0 radical (unpaired) electrons. The molecule has 20 heavy (non-hydrogen) atoms. The molecule has 0 bridgehead atoms. The fourth-order valence-electron chi connectivity index (χ4n) is 1.52. The van der Waals surface area contributed by atoms with Crippen LogP contribution in [0, 0.1) is 6.92 Å². The summed E-state index contributed by atoms with van der Waals surface area (Å²) in [6, 6.07) is 6.38. The van der Waals surface area contributed by atoms with E-state index in [4.69, 9.17) is 10.5 Å². The number of carbonyl (C=O) groups excluding carboxylic acids is 2. The molecular formula is C13H14N4O3. The van der Waals surface area contributed by atoms with Gasteiger partial charge >= 0.3 is 0 Å². The normalized spacial score (nSPS) is 10.1. The van der Waals surface area contributed by atoms with Crippen molar-refractivity contribution in [3.63, 3.8) is 0 Å². The summed E-state index contributed by atoms with van der Waals surface area (Å²) < 4.78 is 5.10. The van der Waals surface area contributed by atoms with Crippen LogP contribution in [0.1, 0.15) is 15.9 Å². The third-order valence-corrected chi connectivity index (χ3v) is 2.57. The molecule has 0 aliphatic carbocycles. The zero-order chi connectivity index (χ0) is 14.5. The van der Waals surface area contributed by atoms with Crippen molar-refractivity contribution in [2.75, 3.05) is 11.9 Å². The van der Waals surface area contributed by atoms with E-state index in [2.05, 4.69) is 15.5 Å². The third-order valence-electron chi connectivity index (χ3n) is 2.57. The zero-order valence-corrected chi connectivity index (χ0v) is 10.8. The van der Waals surface area contributed by atoms with E-state index in [1.54, 1.807) is 30.5 Å². The maximum Gasteiger partial charge on any atom is 0.256 e. The highest BCUT2D eigenvalue weighted by Crippen LogP contribution is 2.14. The Balaban J connectivity index is 2.00. The van der Waals surface area contributed by atoms with Crippen LogP contribution in [0.2, 0.25) is 0 Å². The first-order chi connectivity index (χ1) is 9.56. The Hall–Kier alpha value is -2.83. The molecule has 2 aromatic rings. The lowest BCUT2D eigenvalue weighted by molar-refractivity contribution is -0.119. The van der Waals surface area contributed by atoms with Gasteiger partial charge in [-0.25, -0.2) is 0 Å². The summed E-state index contributed by atoms with van der Waals surface area (Å²) in [7, 11) is 0. The van der Waals surface area contributed by atoms with Gasteiger partial charge in [0.1, 0.15) is 11.6 Å². The molecule has 0 fully saturated rings. The van der Waals surface area contributed by atoms with Gasteiger partial charge in [-0.2, -0.15) is 5.10 Å². The smallest absolute Gasteiger partial charge is 0.256 e. The van der Waals surface area contributed by atoms with Crippen LogP contribution in [0.5, 0.6) is 5.75 Å². The Morgan fingerprint density at radius 2 is 2.05 bits per heavy atom. The molecule has 0 aliphatic rings. The monoisotopic (exact) mass is 274 g/mol. The topological polar surface area (TPSA) is 110 Å². The van der Waals surface area contributed by atoms with E-state index in [9.17, 15) is 9.59 Å². The van der Waals surface area contributed by atoms with E-state index < -0.39 is 5.91 Å². The lowest BCUT2D eigenvalue weighted by atomic mass is 10.2. The second-order valence-corrected chi connectivity index (χ2v) is 4.16. The Morgan fingerprint density at radius 1 is 1.35 bits per heavy atom. The highest BCUT2D eigenvalue weighted by atomic mass is 16.5. The maximum atomic E-state index is 12.0. The largest absolute Gasteiger partial charge is 0.484 e. The van der Waals surface area contributed by atoms with Crippen molar-refractivity contribution in [3.05, 3.63) is 41.6 Å². The first-order valence-corrected chi connectivity index (χ1v) is 5.89. The molecule has 104 valence electrons. The number of amides is 2. The van der Waals surface area contributed by atoms with Crippen LogP contribution >= 0.6 is 0 Å². The number of aryl methyl sites for hydroxylation is 1. The molecule has 0 saturated carbocycles. The quantitative estimate of drug-likeness (QED) is 0.750. The number of aromatic amines is 1. The van der Waals surface area contributed by atoms with Crippen LogP contribution in [0.15, 0.2) is 30.5 Å². The summed E-state index contributed by atoms with van der Waals surface area (Å²) in [5.41, 5.74) is 6.28. The van der Waals surface area contributed by atoms with Crippen molar-refractivity contribution in [1.29, 1.82) is 0 Å². The number of anilines is 1. The minimum atomic E-state index is -0.554. The number of hydrogen-bond acceptors (Lipinski definition) is 4. The van der Waals surface area contributed by atoms with Crippen LogP contribution < -0.4 is 15.8 Å². The van der Waals surface area contributed by atoms with E-state index in [-0.39, 0.29) is 12.5 Å². The Morgan fingerprint density at radius 3 is 2.60 bits per heavy atom. The summed E-state index contributed by atoms with van der Waals surface area (Å²) in [4.78, 5) is 22.5. The van der Waals surface area contributed by atoms with Crippen molar-refractivity contribution in [2.24, 2.45) is 5.73 Å². The summed E-state index contributed by atoms with van der Waals surface area (Å²) in [6.07, 6.45) is 1.62. The molecule has 1 aromatic heterocycles. The predicted octanol–water partition coefficient (Wildman–Crippen LogP) is 0.835. The number of aromatic nitrogens is 2. The number of primary amides is 1. The minimum Gasteiger partial charge on any atom is -0.484 e. The first kappa shape index (κ1) is 13.6. The number of nitrogens with two attached hydrogens (primary N) is 1. The van der Waals surface area contributed by atoms with E-state index in [0.29, 0.717) is 17.1 Å². The van der Waals surface area contributed by atoms with Gasteiger partial charge in [-0.1, -0.05) is 0 Å². The number of nitrogens with one attached hydrogen (secondary N) is 2. The molecule has 2 rings (SSSR count). The number of carbonyl (C=O) groups is 2. The Kier molecular flexibility index (Phi) is 3.99. The van der Waals surface area contributed by atoms with Crippen LogP contribution in [0.25, 0.3) is 0 Å². The van der Waals surface area contributed by atoms with E-state index in [1.807, 2.05) is 6.92 Å². The fourth-order valence-corrected chi connectivity index (χ4v) is 1.52. The molecule has 0 unspecified atom stereocenters. The molecule has 7 heteroatoms. The fraction of sp³-hybridized carbons (Fsp3) is 0.154. The molecule has 2 amide bonds. The number of ether oxygens (including phenoxy) is 1. The van der Waals surface area contributed by atoms with Crippen molar-refractivity contribution in [1.82, 2.24) is 10.2 Å². The maximum absolute atomic E-state index is 12.0. The van der Waals surface area contributed by atoms with Gasteiger partial charge in [0, 0.05) is 11.1 Å². The average molecular weight is 274 g/mol. The molecular weight excluding hydrogens is 260 g/mol. The molecule has 1 heterocycles. The Bertz CT molecular complexity index is 619. The molecule has 0 aliphatic heterocycles. The summed E-state index contributed by atoms with van der Waals surface area (Å²) in [5, 5.41) is 9.22.